The van der Waals surface area contributed by atoms with Gasteiger partial charge in [-0.15, -0.1) is 0 Å². The fraction of sp³-hybridized carbons (Fsp3) is 0.353. The number of hydrogen-bond donors (Lipinski definition) is 1. The first-order valence-corrected chi connectivity index (χ1v) is 14.0. The fourth-order valence-electron chi connectivity index (χ4n) is 5.94. The van der Waals surface area contributed by atoms with Gasteiger partial charge in [-0.2, -0.15) is 0 Å². The maximum atomic E-state index is 13.7. The molecule has 2 aliphatic carbocycles. The molecule has 0 aliphatic heterocycles. The van der Waals surface area contributed by atoms with E-state index >= 15 is 0 Å². The molecule has 3 aromatic carbocycles. The Morgan fingerprint density at radius 3 is 2.21 bits per heavy atom. The van der Waals surface area contributed by atoms with E-state index in [-0.39, 0.29) is 23.3 Å². The second-order valence-corrected chi connectivity index (χ2v) is 10.8. The summed E-state index contributed by atoms with van der Waals surface area (Å²) >= 11 is 0. The van der Waals surface area contributed by atoms with Crippen LogP contribution >= 0.6 is 0 Å². The van der Waals surface area contributed by atoms with Crippen molar-refractivity contribution in [2.45, 2.75) is 70.4 Å². The molecule has 1 unspecified atom stereocenters. The third kappa shape index (κ3) is 6.75. The van der Waals surface area contributed by atoms with Gasteiger partial charge in [0.15, 0.2) is 0 Å². The number of carbonyl (C=O) groups excluding carboxylic acids is 1. The van der Waals surface area contributed by atoms with Crippen molar-refractivity contribution in [3.8, 4) is 11.8 Å². The first-order valence-electron chi connectivity index (χ1n) is 14.0. The molecule has 0 bridgehead atoms. The van der Waals surface area contributed by atoms with Crippen LogP contribution in [0, 0.1) is 23.6 Å². The second-order valence-electron chi connectivity index (χ2n) is 10.8. The molecule has 4 nitrogen and oxygen atoms in total. The minimum atomic E-state index is -0.946. The van der Waals surface area contributed by atoms with Crippen LogP contribution in [0.3, 0.4) is 0 Å². The molecule has 5 heteroatoms. The molecular formula is C34H34FNO3. The van der Waals surface area contributed by atoms with E-state index in [1.807, 2.05) is 35.2 Å². The topological polar surface area (TPSA) is 57.6 Å². The molecule has 3 aromatic rings. The van der Waals surface area contributed by atoms with Crippen LogP contribution in [0.2, 0.25) is 0 Å². The standard InChI is InChI=1S/C34H34FNO3/c35-30-19-14-26(15-20-30)9-8-25-10-12-27(13-11-25)23-36(33(37)21-16-24-4-1-2-5-24)32-7-3-6-28-17-18-29(34(38)39)22-31(28)32/h10-15,17-20,22,24,32H,1-7,16,21,23H2,(H,38,39). The van der Waals surface area contributed by atoms with Crippen molar-refractivity contribution in [1.82, 2.24) is 4.90 Å². The normalized spacial score (nSPS) is 16.7. The molecule has 0 spiro atoms. The van der Waals surface area contributed by atoms with Gasteiger partial charge in [0, 0.05) is 24.1 Å². The first kappa shape index (κ1) is 26.7. The van der Waals surface area contributed by atoms with Crippen molar-refractivity contribution in [1.29, 1.82) is 0 Å². The predicted octanol–water partition coefficient (Wildman–Crippen LogP) is 7.30. The van der Waals surface area contributed by atoms with Crippen LogP contribution in [0.5, 0.6) is 0 Å². The van der Waals surface area contributed by atoms with Crippen LogP contribution in [-0.2, 0) is 17.8 Å². The van der Waals surface area contributed by atoms with Gasteiger partial charge in [-0.1, -0.05) is 55.7 Å². The molecule has 0 heterocycles. The van der Waals surface area contributed by atoms with Crippen LogP contribution in [0.15, 0.2) is 66.7 Å². The number of carboxylic acid groups (broad SMARTS) is 1. The van der Waals surface area contributed by atoms with Gasteiger partial charge in [-0.25, -0.2) is 9.18 Å². The van der Waals surface area contributed by atoms with Crippen LogP contribution in [0.1, 0.15) is 95.6 Å². The number of fused-ring (bicyclic) bond motifs is 1. The molecule has 1 saturated carbocycles. The highest BCUT2D eigenvalue weighted by Crippen LogP contribution is 2.37. The molecule has 0 radical (unpaired) electrons. The highest BCUT2D eigenvalue weighted by molar-refractivity contribution is 5.88. The van der Waals surface area contributed by atoms with Gasteiger partial charge >= 0.3 is 5.97 Å². The number of amides is 1. The van der Waals surface area contributed by atoms with E-state index in [4.69, 9.17) is 0 Å². The zero-order valence-electron chi connectivity index (χ0n) is 22.2. The number of aromatic carboxylic acids is 1. The summed E-state index contributed by atoms with van der Waals surface area (Å²) in [6.45, 7) is 0.469. The highest BCUT2D eigenvalue weighted by atomic mass is 19.1. The third-order valence-corrected chi connectivity index (χ3v) is 8.12. The number of benzene rings is 3. The molecule has 0 aromatic heterocycles. The number of carboxylic acids is 1. The van der Waals surface area contributed by atoms with Crippen LogP contribution in [0.4, 0.5) is 4.39 Å². The van der Waals surface area contributed by atoms with Crippen molar-refractivity contribution in [2.24, 2.45) is 5.92 Å². The summed E-state index contributed by atoms with van der Waals surface area (Å²) in [5, 5.41) is 9.61. The molecule has 1 N–H and O–H groups in total. The smallest absolute Gasteiger partial charge is 0.335 e. The molecule has 39 heavy (non-hydrogen) atoms. The molecule has 1 fully saturated rings. The van der Waals surface area contributed by atoms with Crippen molar-refractivity contribution in [3.63, 3.8) is 0 Å². The Kier molecular flexibility index (Phi) is 8.42. The van der Waals surface area contributed by atoms with Gasteiger partial charge < -0.3 is 10.0 Å². The van der Waals surface area contributed by atoms with E-state index in [1.165, 1.54) is 37.8 Å². The van der Waals surface area contributed by atoms with Crippen molar-refractivity contribution in [3.05, 3.63) is 106 Å². The SMILES string of the molecule is O=C(O)c1ccc2c(c1)C(N(Cc1ccc(C#Cc3ccc(F)cc3)cc1)C(=O)CCC1CCCC1)CCC2. The molecule has 1 atom stereocenters. The number of hydrogen-bond acceptors (Lipinski definition) is 2. The van der Waals surface area contributed by atoms with E-state index in [0.29, 0.717) is 18.9 Å². The Hall–Kier alpha value is -3.91. The van der Waals surface area contributed by atoms with E-state index in [2.05, 4.69) is 11.8 Å². The number of halogens is 1. The predicted molar refractivity (Wildman–Crippen MR) is 150 cm³/mol. The lowest BCUT2D eigenvalue weighted by molar-refractivity contribution is -0.135. The zero-order valence-corrected chi connectivity index (χ0v) is 22.2. The summed E-state index contributed by atoms with van der Waals surface area (Å²) in [4.78, 5) is 27.4. The second kappa shape index (κ2) is 12.3. The summed E-state index contributed by atoms with van der Waals surface area (Å²) in [7, 11) is 0. The van der Waals surface area contributed by atoms with Crippen molar-refractivity contribution in [2.75, 3.05) is 0 Å². The average molecular weight is 524 g/mol. The molecule has 2 aliphatic rings. The van der Waals surface area contributed by atoms with E-state index in [1.54, 1.807) is 24.3 Å². The number of aryl methyl sites for hydroxylation is 1. The Labute approximate surface area is 229 Å². The Bertz CT molecular complexity index is 1380. The fourth-order valence-corrected chi connectivity index (χ4v) is 5.94. The van der Waals surface area contributed by atoms with E-state index < -0.39 is 5.97 Å². The summed E-state index contributed by atoms with van der Waals surface area (Å²) in [6.07, 6.45) is 9.07. The monoisotopic (exact) mass is 523 g/mol. The number of carbonyl (C=O) groups is 2. The highest BCUT2D eigenvalue weighted by Gasteiger charge is 2.30. The summed E-state index contributed by atoms with van der Waals surface area (Å²) < 4.78 is 13.2. The van der Waals surface area contributed by atoms with E-state index in [9.17, 15) is 19.1 Å². The summed E-state index contributed by atoms with van der Waals surface area (Å²) in [6, 6.07) is 19.2. The lowest BCUT2D eigenvalue weighted by atomic mass is 9.85. The molecule has 1 amide bonds. The maximum absolute atomic E-state index is 13.7. The van der Waals surface area contributed by atoms with Gasteiger partial charge in [0.2, 0.25) is 5.91 Å². The summed E-state index contributed by atoms with van der Waals surface area (Å²) in [5.74, 6) is 5.72. The minimum Gasteiger partial charge on any atom is -0.478 e. The summed E-state index contributed by atoms with van der Waals surface area (Å²) in [5.41, 5.74) is 4.97. The van der Waals surface area contributed by atoms with Crippen molar-refractivity contribution < 1.29 is 19.1 Å². The van der Waals surface area contributed by atoms with Gasteiger partial charge in [-0.3, -0.25) is 4.79 Å². The lowest BCUT2D eigenvalue weighted by Crippen LogP contribution is -2.36. The minimum absolute atomic E-state index is 0.137. The van der Waals surface area contributed by atoms with Crippen LogP contribution < -0.4 is 0 Å². The van der Waals surface area contributed by atoms with Gasteiger partial charge in [0.1, 0.15) is 5.82 Å². The van der Waals surface area contributed by atoms with Gasteiger partial charge in [-0.05, 0) is 96.8 Å². The van der Waals surface area contributed by atoms with E-state index in [0.717, 1.165) is 53.5 Å². The quantitative estimate of drug-likeness (QED) is 0.331. The van der Waals surface area contributed by atoms with Crippen LogP contribution in [-0.4, -0.2) is 21.9 Å². The lowest BCUT2D eigenvalue weighted by Gasteiger charge is -2.36. The Morgan fingerprint density at radius 1 is 0.872 bits per heavy atom. The molecule has 0 saturated heterocycles. The Balaban J connectivity index is 1.38. The maximum Gasteiger partial charge on any atom is 0.335 e. The van der Waals surface area contributed by atoms with Crippen LogP contribution in [0.25, 0.3) is 0 Å². The average Bonchev–Trinajstić information content (AvgIpc) is 3.48. The number of nitrogens with zero attached hydrogens (tertiary/aromatic N) is 1. The van der Waals surface area contributed by atoms with Crippen molar-refractivity contribution >= 4 is 11.9 Å². The Morgan fingerprint density at radius 2 is 1.54 bits per heavy atom. The zero-order chi connectivity index (χ0) is 27.2. The largest absolute Gasteiger partial charge is 0.478 e. The number of rotatable bonds is 7. The molecule has 5 rings (SSSR count). The van der Waals surface area contributed by atoms with Gasteiger partial charge in [0.05, 0.1) is 11.6 Å². The van der Waals surface area contributed by atoms with Gasteiger partial charge in [0.25, 0.3) is 0 Å². The third-order valence-electron chi connectivity index (χ3n) is 8.12. The molecule has 200 valence electrons. The molecular weight excluding hydrogens is 489 g/mol. The first-order chi connectivity index (χ1) is 19.0.